The zero-order valence-electron chi connectivity index (χ0n) is 13.0. The van der Waals surface area contributed by atoms with E-state index in [1.807, 2.05) is 24.3 Å². The number of rotatable bonds is 8. The first kappa shape index (κ1) is 16.8. The number of phenols is 1. The maximum absolute atomic E-state index is 11.2. The summed E-state index contributed by atoms with van der Waals surface area (Å²) < 4.78 is 10.4. The average molecular weight is 316 g/mol. The number of carbonyl (C=O) groups is 1. The van der Waals surface area contributed by atoms with Gasteiger partial charge in [0.25, 0.3) is 0 Å². The van der Waals surface area contributed by atoms with Crippen LogP contribution in [0.4, 0.5) is 0 Å². The smallest absolute Gasteiger partial charge is 0.339 e. The molecule has 0 aliphatic rings. The van der Waals surface area contributed by atoms with E-state index in [2.05, 4.69) is 0 Å². The number of carboxylic acid groups (broad SMARTS) is 1. The molecule has 0 bridgehead atoms. The first-order chi connectivity index (χ1) is 11.1. The van der Waals surface area contributed by atoms with Crippen molar-refractivity contribution >= 4 is 5.97 Å². The third-order valence-corrected chi connectivity index (χ3v) is 3.51. The van der Waals surface area contributed by atoms with Gasteiger partial charge in [-0.1, -0.05) is 24.3 Å². The summed E-state index contributed by atoms with van der Waals surface area (Å²) in [6.07, 6.45) is 1.22. The van der Waals surface area contributed by atoms with Crippen molar-refractivity contribution in [2.75, 3.05) is 20.3 Å². The standard InChI is InChI=1S/C18H20O5/c1-22-11-12-23-15-9-6-13(7-10-15)5-8-14-3-2-4-16(19)17(14)18(20)21/h2-4,6-7,9-10,19H,5,8,11-12H2,1H3,(H,20,21). The van der Waals surface area contributed by atoms with E-state index in [1.165, 1.54) is 6.07 Å². The lowest BCUT2D eigenvalue weighted by Gasteiger charge is -2.09. The predicted octanol–water partition coefficient (Wildman–Crippen LogP) is 2.90. The summed E-state index contributed by atoms with van der Waals surface area (Å²) in [5, 5.41) is 18.9. The van der Waals surface area contributed by atoms with Gasteiger partial charge in [0.15, 0.2) is 0 Å². The number of ether oxygens (including phenoxy) is 2. The molecule has 5 heteroatoms. The predicted molar refractivity (Wildman–Crippen MR) is 86.3 cm³/mol. The summed E-state index contributed by atoms with van der Waals surface area (Å²) in [5.74, 6) is -0.536. The van der Waals surface area contributed by atoms with Crippen molar-refractivity contribution in [3.05, 3.63) is 59.2 Å². The highest BCUT2D eigenvalue weighted by Crippen LogP contribution is 2.23. The molecule has 23 heavy (non-hydrogen) atoms. The van der Waals surface area contributed by atoms with Crippen LogP contribution in [0.2, 0.25) is 0 Å². The Labute approximate surface area is 135 Å². The van der Waals surface area contributed by atoms with Crippen LogP contribution >= 0.6 is 0 Å². The number of aromatic hydroxyl groups is 1. The minimum Gasteiger partial charge on any atom is -0.507 e. The molecule has 0 saturated carbocycles. The Morgan fingerprint density at radius 1 is 1.04 bits per heavy atom. The maximum Gasteiger partial charge on any atom is 0.339 e. The van der Waals surface area contributed by atoms with Crippen molar-refractivity contribution in [1.29, 1.82) is 0 Å². The lowest BCUT2D eigenvalue weighted by molar-refractivity contribution is 0.0692. The number of hydrogen-bond donors (Lipinski definition) is 2. The maximum atomic E-state index is 11.2. The van der Waals surface area contributed by atoms with Crippen LogP contribution < -0.4 is 4.74 Å². The molecule has 5 nitrogen and oxygen atoms in total. The van der Waals surface area contributed by atoms with Crippen molar-refractivity contribution in [3.63, 3.8) is 0 Å². The molecule has 0 aliphatic heterocycles. The molecule has 0 radical (unpaired) electrons. The minimum atomic E-state index is -1.11. The van der Waals surface area contributed by atoms with Crippen LogP contribution in [-0.2, 0) is 17.6 Å². The van der Waals surface area contributed by atoms with Crippen LogP contribution in [0.15, 0.2) is 42.5 Å². The Kier molecular flexibility index (Phi) is 6.00. The monoisotopic (exact) mass is 316 g/mol. The summed E-state index contributed by atoms with van der Waals surface area (Å²) in [6, 6.07) is 12.4. The van der Waals surface area contributed by atoms with E-state index in [1.54, 1.807) is 19.2 Å². The van der Waals surface area contributed by atoms with Gasteiger partial charge in [-0.2, -0.15) is 0 Å². The quantitative estimate of drug-likeness (QED) is 0.732. The zero-order chi connectivity index (χ0) is 16.7. The van der Waals surface area contributed by atoms with E-state index in [4.69, 9.17) is 9.47 Å². The van der Waals surface area contributed by atoms with Crippen molar-refractivity contribution in [2.24, 2.45) is 0 Å². The summed E-state index contributed by atoms with van der Waals surface area (Å²) in [7, 11) is 1.62. The fourth-order valence-corrected chi connectivity index (χ4v) is 2.32. The van der Waals surface area contributed by atoms with Crippen molar-refractivity contribution in [2.45, 2.75) is 12.8 Å². The highest BCUT2D eigenvalue weighted by atomic mass is 16.5. The second-order valence-corrected chi connectivity index (χ2v) is 5.10. The van der Waals surface area contributed by atoms with Gasteiger partial charge < -0.3 is 19.7 Å². The van der Waals surface area contributed by atoms with Gasteiger partial charge >= 0.3 is 5.97 Å². The third-order valence-electron chi connectivity index (χ3n) is 3.51. The van der Waals surface area contributed by atoms with Gasteiger partial charge in [0, 0.05) is 7.11 Å². The van der Waals surface area contributed by atoms with E-state index >= 15 is 0 Å². The largest absolute Gasteiger partial charge is 0.507 e. The van der Waals surface area contributed by atoms with Crippen molar-refractivity contribution in [1.82, 2.24) is 0 Å². The number of carboxylic acids is 1. The van der Waals surface area contributed by atoms with Gasteiger partial charge in [0.1, 0.15) is 23.7 Å². The first-order valence-electron chi connectivity index (χ1n) is 7.36. The fraction of sp³-hybridized carbons (Fsp3) is 0.278. The third kappa shape index (κ3) is 4.72. The van der Waals surface area contributed by atoms with Crippen molar-refractivity contribution < 1.29 is 24.5 Å². The van der Waals surface area contributed by atoms with E-state index in [9.17, 15) is 15.0 Å². The Morgan fingerprint density at radius 3 is 2.43 bits per heavy atom. The molecule has 2 aromatic carbocycles. The van der Waals surface area contributed by atoms with Crippen LogP contribution in [0.3, 0.4) is 0 Å². The minimum absolute atomic E-state index is 0.0213. The molecule has 122 valence electrons. The molecule has 0 spiro atoms. The first-order valence-corrected chi connectivity index (χ1v) is 7.36. The molecule has 0 aromatic heterocycles. The van der Waals surface area contributed by atoms with Gasteiger partial charge in [0.2, 0.25) is 0 Å². The molecule has 0 amide bonds. The molecular weight excluding hydrogens is 296 g/mol. The van der Waals surface area contributed by atoms with Crippen LogP contribution in [-0.4, -0.2) is 36.5 Å². The topological polar surface area (TPSA) is 76.0 Å². The van der Waals surface area contributed by atoms with Crippen molar-refractivity contribution in [3.8, 4) is 11.5 Å². The lowest BCUT2D eigenvalue weighted by atomic mass is 9.99. The Bertz CT molecular complexity index is 649. The Balaban J connectivity index is 1.99. The summed E-state index contributed by atoms with van der Waals surface area (Å²) >= 11 is 0. The molecule has 0 atom stereocenters. The molecule has 0 fully saturated rings. The molecule has 0 heterocycles. The molecule has 0 unspecified atom stereocenters. The van der Waals surface area contributed by atoms with E-state index in [0.717, 1.165) is 11.3 Å². The number of methoxy groups -OCH3 is 1. The van der Waals surface area contributed by atoms with Gasteiger partial charge in [-0.3, -0.25) is 0 Å². The highest BCUT2D eigenvalue weighted by molar-refractivity contribution is 5.92. The number of hydrogen-bond acceptors (Lipinski definition) is 4. The van der Waals surface area contributed by atoms with Gasteiger partial charge in [-0.15, -0.1) is 0 Å². The average Bonchev–Trinajstić information content (AvgIpc) is 2.54. The van der Waals surface area contributed by atoms with E-state index in [-0.39, 0.29) is 11.3 Å². The zero-order valence-corrected chi connectivity index (χ0v) is 13.0. The molecule has 0 saturated heterocycles. The number of benzene rings is 2. The lowest BCUT2D eigenvalue weighted by Crippen LogP contribution is -2.05. The van der Waals surface area contributed by atoms with Gasteiger partial charge in [-0.25, -0.2) is 4.79 Å². The van der Waals surface area contributed by atoms with E-state index in [0.29, 0.717) is 31.6 Å². The summed E-state index contributed by atoms with van der Waals surface area (Å²) in [4.78, 5) is 11.2. The molecule has 2 rings (SSSR count). The molecule has 2 N–H and O–H groups in total. The number of aromatic carboxylic acids is 1. The molecule has 2 aromatic rings. The van der Waals surface area contributed by atoms with Crippen LogP contribution in [0.1, 0.15) is 21.5 Å². The molecular formula is C18H20O5. The normalized spacial score (nSPS) is 10.5. The van der Waals surface area contributed by atoms with E-state index < -0.39 is 5.97 Å². The summed E-state index contributed by atoms with van der Waals surface area (Å²) in [5.41, 5.74) is 1.67. The highest BCUT2D eigenvalue weighted by Gasteiger charge is 2.14. The van der Waals surface area contributed by atoms with Crippen LogP contribution in [0.5, 0.6) is 11.5 Å². The van der Waals surface area contributed by atoms with Crippen LogP contribution in [0, 0.1) is 0 Å². The summed E-state index contributed by atoms with van der Waals surface area (Å²) in [6.45, 7) is 1.04. The van der Waals surface area contributed by atoms with Gasteiger partial charge in [0.05, 0.1) is 6.61 Å². The Morgan fingerprint density at radius 2 is 1.78 bits per heavy atom. The Hall–Kier alpha value is -2.53. The van der Waals surface area contributed by atoms with Crippen LogP contribution in [0.25, 0.3) is 0 Å². The second kappa shape index (κ2) is 8.19. The number of aryl methyl sites for hydroxylation is 2. The fourth-order valence-electron chi connectivity index (χ4n) is 2.32. The SMILES string of the molecule is COCCOc1ccc(CCc2cccc(O)c2C(=O)O)cc1. The molecule has 0 aliphatic carbocycles. The second-order valence-electron chi connectivity index (χ2n) is 5.10. The van der Waals surface area contributed by atoms with Gasteiger partial charge in [-0.05, 0) is 42.2 Å².